The topological polar surface area (TPSA) is 36.1 Å². The first-order valence-electron chi connectivity index (χ1n) is 9.28. The molecule has 1 unspecified atom stereocenters. The maximum Gasteiger partial charge on any atom is 0.187 e. The first-order valence-corrected chi connectivity index (χ1v) is 9.28. The van der Waals surface area contributed by atoms with Crippen molar-refractivity contribution < 1.29 is 8.78 Å². The van der Waals surface area contributed by atoms with E-state index >= 15 is 0 Å². The zero-order valence-corrected chi connectivity index (χ0v) is 15.4. The Morgan fingerprint density at radius 3 is 2.85 bits per heavy atom. The van der Waals surface area contributed by atoms with Crippen LogP contribution in [0.1, 0.15) is 41.6 Å². The molecule has 0 spiro atoms. The van der Waals surface area contributed by atoms with E-state index < -0.39 is 11.6 Å². The maximum absolute atomic E-state index is 13.8. The molecular formula is C21H26F2N2O. The molecule has 1 aromatic heterocycles. The average molecular weight is 360 g/mol. The summed E-state index contributed by atoms with van der Waals surface area (Å²) in [6, 6.07) is 3.83. The second-order valence-corrected chi connectivity index (χ2v) is 7.42. The van der Waals surface area contributed by atoms with Gasteiger partial charge in [0, 0.05) is 42.2 Å². The van der Waals surface area contributed by atoms with Crippen LogP contribution in [0.15, 0.2) is 29.2 Å². The highest BCUT2D eigenvalue weighted by atomic mass is 19.1. The van der Waals surface area contributed by atoms with Crippen LogP contribution in [0.4, 0.5) is 8.78 Å². The molecule has 1 saturated heterocycles. The summed E-state index contributed by atoms with van der Waals surface area (Å²) in [6.07, 6.45) is 5.53. The molecule has 1 aliphatic heterocycles. The predicted molar refractivity (Wildman–Crippen MR) is 99.2 cm³/mol. The van der Waals surface area contributed by atoms with E-state index in [0.29, 0.717) is 17.9 Å². The van der Waals surface area contributed by atoms with Gasteiger partial charge in [-0.3, -0.25) is 9.69 Å². The molecule has 26 heavy (non-hydrogen) atoms. The van der Waals surface area contributed by atoms with Gasteiger partial charge < -0.3 is 4.98 Å². The van der Waals surface area contributed by atoms with E-state index in [1.165, 1.54) is 6.07 Å². The van der Waals surface area contributed by atoms with Crippen molar-refractivity contribution in [1.29, 1.82) is 0 Å². The van der Waals surface area contributed by atoms with Crippen molar-refractivity contribution in [2.24, 2.45) is 5.92 Å². The predicted octanol–water partition coefficient (Wildman–Crippen LogP) is 4.11. The number of aromatic amines is 1. The average Bonchev–Trinajstić information content (AvgIpc) is 2.62. The Hall–Kier alpha value is -2.01. The third-order valence-electron chi connectivity index (χ3n) is 5.44. The monoisotopic (exact) mass is 360 g/mol. The summed E-state index contributed by atoms with van der Waals surface area (Å²) in [5.41, 5.74) is 3.21. The van der Waals surface area contributed by atoms with E-state index in [9.17, 15) is 13.6 Å². The molecule has 2 heterocycles. The van der Waals surface area contributed by atoms with Gasteiger partial charge in [-0.15, -0.1) is 0 Å². The summed E-state index contributed by atoms with van der Waals surface area (Å²) < 4.78 is 26.8. The van der Waals surface area contributed by atoms with Crippen LogP contribution in [0.2, 0.25) is 0 Å². The molecule has 140 valence electrons. The van der Waals surface area contributed by atoms with Crippen LogP contribution < -0.4 is 5.43 Å². The first-order chi connectivity index (χ1) is 12.4. The fourth-order valence-electron chi connectivity index (χ4n) is 3.80. The van der Waals surface area contributed by atoms with E-state index in [4.69, 9.17) is 0 Å². The van der Waals surface area contributed by atoms with Crippen molar-refractivity contribution in [1.82, 2.24) is 9.88 Å². The number of nitrogens with zero attached hydrogens (tertiary/aromatic N) is 1. The molecule has 0 amide bonds. The summed E-state index contributed by atoms with van der Waals surface area (Å²) in [7, 11) is 0. The van der Waals surface area contributed by atoms with Crippen molar-refractivity contribution in [2.75, 3.05) is 13.1 Å². The van der Waals surface area contributed by atoms with Crippen molar-refractivity contribution in [3.05, 3.63) is 68.6 Å². The Bertz CT molecular complexity index is 831. The number of likely N-dealkylation sites (tertiary alicyclic amines) is 1. The first kappa shape index (κ1) is 18.8. The maximum atomic E-state index is 13.8. The van der Waals surface area contributed by atoms with E-state index in [1.54, 1.807) is 12.3 Å². The molecule has 5 heteroatoms. The molecule has 2 aromatic rings. The van der Waals surface area contributed by atoms with Crippen LogP contribution in [0.3, 0.4) is 0 Å². The molecule has 0 radical (unpaired) electrons. The van der Waals surface area contributed by atoms with Gasteiger partial charge in [-0.1, -0.05) is 6.07 Å². The largest absolute Gasteiger partial charge is 0.363 e. The van der Waals surface area contributed by atoms with Gasteiger partial charge in [0.25, 0.3) is 0 Å². The Balaban J connectivity index is 1.59. The highest BCUT2D eigenvalue weighted by Gasteiger charge is 2.21. The number of nitrogens with one attached hydrogen (secondary N) is 1. The molecule has 0 bridgehead atoms. The molecule has 1 N–H and O–H groups in total. The van der Waals surface area contributed by atoms with Crippen LogP contribution in [-0.4, -0.2) is 23.0 Å². The van der Waals surface area contributed by atoms with E-state index in [2.05, 4.69) is 9.88 Å². The molecule has 0 aliphatic carbocycles. The highest BCUT2D eigenvalue weighted by molar-refractivity contribution is 5.23. The van der Waals surface area contributed by atoms with E-state index in [1.807, 2.05) is 13.8 Å². The Labute approximate surface area is 153 Å². The smallest absolute Gasteiger partial charge is 0.187 e. The number of aromatic nitrogens is 1. The zero-order valence-electron chi connectivity index (χ0n) is 15.4. The van der Waals surface area contributed by atoms with Gasteiger partial charge in [0.05, 0.1) is 0 Å². The van der Waals surface area contributed by atoms with E-state index in [-0.39, 0.29) is 5.43 Å². The lowest BCUT2D eigenvalue weighted by atomic mass is 9.91. The van der Waals surface area contributed by atoms with Gasteiger partial charge in [0.15, 0.2) is 5.43 Å². The van der Waals surface area contributed by atoms with Crippen LogP contribution >= 0.6 is 0 Å². The Kier molecular flexibility index (Phi) is 5.87. The van der Waals surface area contributed by atoms with Gasteiger partial charge in [0.1, 0.15) is 11.6 Å². The fraction of sp³-hybridized carbons (Fsp3) is 0.476. The molecule has 3 rings (SSSR count). The van der Waals surface area contributed by atoms with E-state index in [0.717, 1.165) is 61.8 Å². The number of pyridine rings is 1. The molecule has 3 nitrogen and oxygen atoms in total. The highest BCUT2D eigenvalue weighted by Crippen LogP contribution is 2.24. The summed E-state index contributed by atoms with van der Waals surface area (Å²) in [4.78, 5) is 17.7. The molecule has 1 fully saturated rings. The Morgan fingerprint density at radius 2 is 2.08 bits per heavy atom. The Morgan fingerprint density at radius 1 is 1.27 bits per heavy atom. The lowest BCUT2D eigenvalue weighted by Crippen LogP contribution is -2.36. The summed E-state index contributed by atoms with van der Waals surface area (Å²) in [5, 5.41) is 0. The van der Waals surface area contributed by atoms with Crippen LogP contribution in [0.25, 0.3) is 0 Å². The van der Waals surface area contributed by atoms with Crippen molar-refractivity contribution in [3.63, 3.8) is 0 Å². The minimum Gasteiger partial charge on any atom is -0.363 e. The van der Waals surface area contributed by atoms with Gasteiger partial charge >= 0.3 is 0 Å². The number of hydrogen-bond acceptors (Lipinski definition) is 2. The quantitative estimate of drug-likeness (QED) is 0.871. The standard InChI is InChI=1S/C21H26F2N2O/c1-14-11-24-20(15(2)21(14)26)13-25-9-3-4-16(12-25)5-6-17-7-8-18(22)10-19(17)23/h7-8,10-11,16H,3-6,9,12-13H2,1-2H3,(H,24,26). The third-order valence-corrected chi connectivity index (χ3v) is 5.44. The summed E-state index contributed by atoms with van der Waals surface area (Å²) in [6.45, 7) is 6.39. The molecule has 0 saturated carbocycles. The number of hydrogen-bond donors (Lipinski definition) is 1. The molecular weight excluding hydrogens is 334 g/mol. The number of H-pyrrole nitrogens is 1. The molecule has 1 aromatic carbocycles. The number of benzene rings is 1. The minimum absolute atomic E-state index is 0.110. The van der Waals surface area contributed by atoms with Gasteiger partial charge in [0.2, 0.25) is 0 Å². The summed E-state index contributed by atoms with van der Waals surface area (Å²) >= 11 is 0. The van der Waals surface area contributed by atoms with Gasteiger partial charge in [-0.05, 0) is 63.6 Å². The normalized spacial score (nSPS) is 18.2. The van der Waals surface area contributed by atoms with Gasteiger partial charge in [-0.25, -0.2) is 8.78 Å². The molecule has 1 aliphatic rings. The zero-order chi connectivity index (χ0) is 18.7. The third kappa shape index (κ3) is 4.39. The SMILES string of the molecule is Cc1c[nH]c(CN2CCCC(CCc3ccc(F)cc3F)C2)c(C)c1=O. The number of aryl methyl sites for hydroxylation is 2. The second kappa shape index (κ2) is 8.12. The second-order valence-electron chi connectivity index (χ2n) is 7.42. The van der Waals surface area contributed by atoms with Gasteiger partial charge in [-0.2, -0.15) is 0 Å². The number of rotatable bonds is 5. The molecule has 1 atom stereocenters. The van der Waals surface area contributed by atoms with Crippen molar-refractivity contribution >= 4 is 0 Å². The summed E-state index contributed by atoms with van der Waals surface area (Å²) in [5.74, 6) is -0.492. The lowest BCUT2D eigenvalue weighted by Gasteiger charge is -2.33. The van der Waals surface area contributed by atoms with Crippen LogP contribution in [0, 0.1) is 31.4 Å². The number of halogens is 2. The number of piperidine rings is 1. The lowest BCUT2D eigenvalue weighted by molar-refractivity contribution is 0.160. The fourth-order valence-corrected chi connectivity index (χ4v) is 3.80. The van der Waals surface area contributed by atoms with Crippen molar-refractivity contribution in [2.45, 2.75) is 46.1 Å². The van der Waals surface area contributed by atoms with Crippen LogP contribution in [-0.2, 0) is 13.0 Å². The van der Waals surface area contributed by atoms with Crippen LogP contribution in [0.5, 0.6) is 0 Å². The minimum atomic E-state index is -0.530. The van der Waals surface area contributed by atoms with Crippen molar-refractivity contribution in [3.8, 4) is 0 Å².